The molecule has 0 atom stereocenters. The Morgan fingerprint density at radius 2 is 1.87 bits per heavy atom. The molecule has 0 saturated heterocycles. The fourth-order valence-electron chi connectivity index (χ4n) is 2.70. The minimum Gasteiger partial charge on any atom is -0.315 e. The highest BCUT2D eigenvalue weighted by molar-refractivity contribution is 7.92. The number of hydrogen-bond acceptors (Lipinski definition) is 6. The summed E-state index contributed by atoms with van der Waals surface area (Å²) in [6.45, 7) is 1.64. The van der Waals surface area contributed by atoms with Crippen molar-refractivity contribution in [1.29, 1.82) is 0 Å². The molecule has 2 aromatic rings. The van der Waals surface area contributed by atoms with Gasteiger partial charge >= 0.3 is 6.01 Å². The zero-order chi connectivity index (χ0) is 16.4. The summed E-state index contributed by atoms with van der Waals surface area (Å²) in [5.74, 6) is -0.0169. The third kappa shape index (κ3) is 3.26. The van der Waals surface area contributed by atoms with Crippen LogP contribution < -0.4 is 5.32 Å². The number of aromatic nitrogens is 2. The molecule has 0 bridgehead atoms. The van der Waals surface area contributed by atoms with Gasteiger partial charge in [0.2, 0.25) is 0 Å². The van der Waals surface area contributed by atoms with Gasteiger partial charge in [-0.05, 0) is 44.0 Å². The second kappa shape index (κ2) is 6.11. The minimum absolute atomic E-state index is 0.00940. The molecule has 0 aliphatic heterocycles. The van der Waals surface area contributed by atoms with Crippen molar-refractivity contribution in [1.82, 2.24) is 10.1 Å². The van der Waals surface area contributed by atoms with E-state index >= 15 is 0 Å². The van der Waals surface area contributed by atoms with Crippen molar-refractivity contribution in [2.45, 2.75) is 42.8 Å². The molecule has 1 aliphatic carbocycles. The summed E-state index contributed by atoms with van der Waals surface area (Å²) in [5.41, 5.74) is 0.325. The van der Waals surface area contributed by atoms with Gasteiger partial charge in [0, 0.05) is 5.56 Å². The van der Waals surface area contributed by atoms with Crippen molar-refractivity contribution in [3.05, 3.63) is 35.7 Å². The summed E-state index contributed by atoms with van der Waals surface area (Å²) in [6, 6.07) is 5.93. The van der Waals surface area contributed by atoms with Crippen LogP contribution in [0.4, 0.5) is 6.01 Å². The summed E-state index contributed by atoms with van der Waals surface area (Å²) < 4.78 is 29.8. The molecule has 7 nitrogen and oxygen atoms in total. The van der Waals surface area contributed by atoms with Gasteiger partial charge in [-0.1, -0.05) is 18.0 Å². The van der Waals surface area contributed by atoms with Crippen molar-refractivity contribution < 1.29 is 17.7 Å². The molecular weight excluding hydrogens is 318 g/mol. The van der Waals surface area contributed by atoms with Crippen LogP contribution in [0.1, 0.15) is 41.9 Å². The van der Waals surface area contributed by atoms with Crippen molar-refractivity contribution in [2.75, 3.05) is 5.32 Å². The molecule has 0 spiro atoms. The Kier molecular flexibility index (Phi) is 4.16. The van der Waals surface area contributed by atoms with Crippen LogP contribution in [0.3, 0.4) is 0 Å². The minimum atomic E-state index is -3.31. The van der Waals surface area contributed by atoms with Gasteiger partial charge in [-0.2, -0.15) is 4.98 Å². The summed E-state index contributed by atoms with van der Waals surface area (Å²) in [6.07, 6.45) is 3.32. The Balaban J connectivity index is 1.75. The van der Waals surface area contributed by atoms with Gasteiger partial charge in [0.15, 0.2) is 15.7 Å². The van der Waals surface area contributed by atoms with Crippen LogP contribution in [0.15, 0.2) is 33.7 Å². The number of rotatable bonds is 4. The average Bonchev–Trinajstić information content (AvgIpc) is 3.19. The van der Waals surface area contributed by atoms with E-state index in [0.717, 1.165) is 12.8 Å². The lowest BCUT2D eigenvalue weighted by molar-refractivity contribution is 0.102. The summed E-state index contributed by atoms with van der Waals surface area (Å²) in [5, 5.41) is 5.74. The molecule has 1 aromatic carbocycles. The van der Waals surface area contributed by atoms with Crippen molar-refractivity contribution in [3.63, 3.8) is 0 Å². The first-order valence-corrected chi connectivity index (χ1v) is 8.97. The van der Waals surface area contributed by atoms with E-state index in [1.165, 1.54) is 24.3 Å². The lowest BCUT2D eigenvalue weighted by atomic mass is 10.2. The van der Waals surface area contributed by atoms with Gasteiger partial charge in [-0.3, -0.25) is 10.1 Å². The number of benzene rings is 1. The fraction of sp³-hybridized carbons (Fsp3) is 0.400. The lowest BCUT2D eigenvalue weighted by Crippen LogP contribution is -2.18. The topological polar surface area (TPSA) is 102 Å². The monoisotopic (exact) mass is 335 g/mol. The highest BCUT2D eigenvalue weighted by Crippen LogP contribution is 2.29. The third-order valence-electron chi connectivity index (χ3n) is 3.93. The molecule has 122 valence electrons. The van der Waals surface area contributed by atoms with Crippen molar-refractivity contribution in [2.24, 2.45) is 0 Å². The van der Waals surface area contributed by atoms with Crippen LogP contribution in [-0.4, -0.2) is 29.7 Å². The molecular formula is C15H17N3O4S. The van der Waals surface area contributed by atoms with E-state index in [-0.39, 0.29) is 16.2 Å². The summed E-state index contributed by atoms with van der Waals surface area (Å²) in [7, 11) is -3.31. The maximum Gasteiger partial charge on any atom is 0.328 e. The molecule has 23 heavy (non-hydrogen) atoms. The molecule has 1 saturated carbocycles. The predicted octanol–water partition coefficient (Wildman–Crippen LogP) is 2.35. The molecule has 8 heteroatoms. The van der Waals surface area contributed by atoms with Crippen molar-refractivity contribution in [3.8, 4) is 0 Å². The number of hydrogen-bond donors (Lipinski definition) is 1. The second-order valence-corrected chi connectivity index (χ2v) is 7.80. The van der Waals surface area contributed by atoms with E-state index in [4.69, 9.17) is 4.52 Å². The number of carbonyl (C=O) groups excluding carboxylic acids is 1. The lowest BCUT2D eigenvalue weighted by Gasteiger charge is -2.11. The highest BCUT2D eigenvalue weighted by atomic mass is 32.2. The number of carbonyl (C=O) groups is 1. The number of nitrogens with one attached hydrogen (secondary N) is 1. The van der Waals surface area contributed by atoms with Gasteiger partial charge < -0.3 is 4.52 Å². The molecule has 1 N–H and O–H groups in total. The van der Waals surface area contributed by atoms with Gasteiger partial charge in [-0.25, -0.2) is 8.42 Å². The largest absolute Gasteiger partial charge is 0.328 e. The number of sulfone groups is 1. The standard InChI is InChI=1S/C15H17N3O4S/c1-10-16-15(22-18-10)17-14(19)11-6-8-13(9-7-11)23(20,21)12-4-2-3-5-12/h6-9,12H,2-5H2,1H3,(H,16,17,18,19). The number of aryl methyl sites for hydroxylation is 1. The zero-order valence-corrected chi connectivity index (χ0v) is 13.5. The molecule has 1 aromatic heterocycles. The van der Waals surface area contributed by atoms with E-state index in [9.17, 15) is 13.2 Å². The Bertz CT molecular complexity index is 806. The van der Waals surface area contributed by atoms with E-state index in [1.807, 2.05) is 0 Å². The predicted molar refractivity (Wildman–Crippen MR) is 82.9 cm³/mol. The van der Waals surface area contributed by atoms with Crippen LogP contribution >= 0.6 is 0 Å². The maximum atomic E-state index is 12.5. The maximum absolute atomic E-state index is 12.5. The normalized spacial score (nSPS) is 15.7. The Labute approximate surface area is 134 Å². The highest BCUT2D eigenvalue weighted by Gasteiger charge is 2.30. The van der Waals surface area contributed by atoms with Crippen LogP contribution in [0.2, 0.25) is 0 Å². The Morgan fingerprint density at radius 3 is 2.43 bits per heavy atom. The number of amides is 1. The number of nitrogens with zero attached hydrogens (tertiary/aromatic N) is 2. The summed E-state index contributed by atoms with van der Waals surface area (Å²) >= 11 is 0. The Hall–Kier alpha value is -2.22. The van der Waals surface area contributed by atoms with E-state index in [0.29, 0.717) is 24.2 Å². The molecule has 1 aliphatic rings. The van der Waals surface area contributed by atoms with Crippen molar-refractivity contribution >= 4 is 21.8 Å². The first kappa shape index (κ1) is 15.7. The summed E-state index contributed by atoms with van der Waals surface area (Å²) in [4.78, 5) is 16.2. The van der Waals surface area contributed by atoms with Gasteiger partial charge in [-0.15, -0.1) is 0 Å². The average molecular weight is 335 g/mol. The van der Waals surface area contributed by atoms with Gasteiger partial charge in [0.05, 0.1) is 10.1 Å². The molecule has 1 heterocycles. The Morgan fingerprint density at radius 1 is 1.22 bits per heavy atom. The smallest absolute Gasteiger partial charge is 0.315 e. The van der Waals surface area contributed by atoms with Crippen LogP contribution in [0, 0.1) is 6.92 Å². The quantitative estimate of drug-likeness (QED) is 0.920. The SMILES string of the molecule is Cc1noc(NC(=O)c2ccc(S(=O)(=O)C3CCCC3)cc2)n1. The molecule has 1 fully saturated rings. The molecule has 3 rings (SSSR count). The van der Waals surface area contributed by atoms with Gasteiger partial charge in [0.1, 0.15) is 0 Å². The zero-order valence-electron chi connectivity index (χ0n) is 12.7. The third-order valence-corrected chi connectivity index (χ3v) is 6.21. The molecule has 0 unspecified atom stereocenters. The van der Waals surface area contributed by atoms with Crippen LogP contribution in [0.5, 0.6) is 0 Å². The first-order chi connectivity index (χ1) is 11.0. The molecule has 0 radical (unpaired) electrons. The van der Waals surface area contributed by atoms with E-state index in [1.54, 1.807) is 6.92 Å². The number of anilines is 1. The van der Waals surface area contributed by atoms with Crippen LogP contribution in [0.25, 0.3) is 0 Å². The van der Waals surface area contributed by atoms with E-state index < -0.39 is 15.7 Å². The second-order valence-electron chi connectivity index (χ2n) is 5.58. The van der Waals surface area contributed by atoms with Gasteiger partial charge in [0.25, 0.3) is 5.91 Å². The van der Waals surface area contributed by atoms with Crippen LogP contribution in [-0.2, 0) is 9.84 Å². The molecule has 1 amide bonds. The fourth-order valence-corrected chi connectivity index (χ4v) is 4.56. The first-order valence-electron chi connectivity index (χ1n) is 7.42. The van der Waals surface area contributed by atoms with E-state index in [2.05, 4.69) is 15.5 Å².